The van der Waals surface area contributed by atoms with E-state index in [9.17, 15) is 4.79 Å². The number of likely N-dealkylation sites (N-methyl/N-ethyl adjacent to an activating group) is 1. The number of rotatable bonds is 1. The van der Waals surface area contributed by atoms with Crippen LogP contribution in [0.5, 0.6) is 11.5 Å². The Kier molecular flexibility index (Phi) is 2.56. The third-order valence-electron chi connectivity index (χ3n) is 2.31. The third-order valence-corrected chi connectivity index (χ3v) is 2.94. The quantitative estimate of drug-likeness (QED) is 0.782. The maximum Gasteiger partial charge on any atom is 0.264 e. The predicted octanol–water partition coefficient (Wildman–Crippen LogP) is 1.81. The maximum atomic E-state index is 11.5. The van der Waals surface area contributed by atoms with E-state index in [0.717, 1.165) is 4.47 Å². The van der Waals surface area contributed by atoms with Gasteiger partial charge >= 0.3 is 0 Å². The second kappa shape index (κ2) is 3.73. The van der Waals surface area contributed by atoms with Crippen molar-refractivity contribution in [2.75, 3.05) is 25.7 Å². The van der Waals surface area contributed by atoms with Crippen molar-refractivity contribution in [1.29, 1.82) is 0 Å². The van der Waals surface area contributed by atoms with E-state index >= 15 is 0 Å². The molecule has 0 N–H and O–H groups in total. The van der Waals surface area contributed by atoms with Gasteiger partial charge in [0.15, 0.2) is 12.4 Å². The van der Waals surface area contributed by atoms with Gasteiger partial charge < -0.3 is 14.4 Å². The molecule has 0 atom stereocenters. The zero-order chi connectivity index (χ0) is 11.0. The molecule has 15 heavy (non-hydrogen) atoms. The molecule has 0 spiro atoms. The van der Waals surface area contributed by atoms with Crippen molar-refractivity contribution in [1.82, 2.24) is 0 Å². The smallest absolute Gasteiger partial charge is 0.264 e. The third kappa shape index (κ3) is 1.56. The van der Waals surface area contributed by atoms with E-state index in [1.165, 1.54) is 0 Å². The average Bonchev–Trinajstić information content (AvgIpc) is 2.24. The number of anilines is 1. The first-order valence-corrected chi connectivity index (χ1v) is 5.20. The summed E-state index contributed by atoms with van der Waals surface area (Å²) in [4.78, 5) is 13.0. The van der Waals surface area contributed by atoms with Gasteiger partial charge in [-0.2, -0.15) is 0 Å². The van der Waals surface area contributed by atoms with Gasteiger partial charge in [0.1, 0.15) is 11.4 Å². The van der Waals surface area contributed by atoms with Crippen molar-refractivity contribution in [2.45, 2.75) is 0 Å². The monoisotopic (exact) mass is 271 g/mol. The normalized spacial score (nSPS) is 14.6. The lowest BCUT2D eigenvalue weighted by Gasteiger charge is -2.27. The number of carbonyl (C=O) groups excluding carboxylic acids is 1. The highest BCUT2D eigenvalue weighted by Gasteiger charge is 2.26. The zero-order valence-corrected chi connectivity index (χ0v) is 10.00. The molecule has 1 heterocycles. The summed E-state index contributed by atoms with van der Waals surface area (Å²) in [6.45, 7) is 0.0777. The second-order valence-electron chi connectivity index (χ2n) is 3.17. The summed E-state index contributed by atoms with van der Waals surface area (Å²) in [7, 11) is 3.27. The molecule has 2 rings (SSSR count). The van der Waals surface area contributed by atoms with Crippen LogP contribution in [0.1, 0.15) is 0 Å². The number of benzene rings is 1. The molecule has 0 unspecified atom stereocenters. The van der Waals surface area contributed by atoms with E-state index < -0.39 is 0 Å². The lowest BCUT2D eigenvalue weighted by molar-refractivity contribution is -0.121. The Labute approximate surface area is 95.9 Å². The van der Waals surface area contributed by atoms with Crippen molar-refractivity contribution in [3.05, 3.63) is 16.6 Å². The fourth-order valence-electron chi connectivity index (χ4n) is 1.52. The first-order valence-electron chi connectivity index (χ1n) is 4.41. The second-order valence-corrected chi connectivity index (χ2v) is 4.02. The Morgan fingerprint density at radius 2 is 2.27 bits per heavy atom. The van der Waals surface area contributed by atoms with Crippen molar-refractivity contribution >= 4 is 27.5 Å². The zero-order valence-electron chi connectivity index (χ0n) is 8.41. The van der Waals surface area contributed by atoms with Crippen LogP contribution in [0.25, 0.3) is 0 Å². The van der Waals surface area contributed by atoms with Gasteiger partial charge in [0.2, 0.25) is 0 Å². The van der Waals surface area contributed by atoms with Gasteiger partial charge in [-0.05, 0) is 28.1 Å². The van der Waals surface area contributed by atoms with Crippen LogP contribution in [0, 0.1) is 0 Å². The summed E-state index contributed by atoms with van der Waals surface area (Å²) in [6, 6.07) is 3.65. The number of halogens is 1. The highest BCUT2D eigenvalue weighted by Crippen LogP contribution is 2.44. The number of amides is 1. The molecule has 0 fully saturated rings. The summed E-state index contributed by atoms with van der Waals surface area (Å²) in [5.41, 5.74) is 0.670. The van der Waals surface area contributed by atoms with Crippen molar-refractivity contribution in [2.24, 2.45) is 0 Å². The molecule has 0 aliphatic carbocycles. The largest absolute Gasteiger partial charge is 0.493 e. The van der Waals surface area contributed by atoms with Crippen LogP contribution in [-0.4, -0.2) is 26.7 Å². The summed E-state index contributed by atoms with van der Waals surface area (Å²) >= 11 is 3.36. The van der Waals surface area contributed by atoms with Crippen molar-refractivity contribution in [3.8, 4) is 11.5 Å². The lowest BCUT2D eigenvalue weighted by atomic mass is 10.2. The molecule has 1 aliphatic heterocycles. The molecule has 0 radical (unpaired) electrons. The SMILES string of the molecule is COc1c(Br)ccc2c1N(C)C(=O)CO2. The van der Waals surface area contributed by atoms with Gasteiger partial charge in [0.05, 0.1) is 11.6 Å². The summed E-state index contributed by atoms with van der Waals surface area (Å²) in [5, 5.41) is 0. The molecule has 0 saturated carbocycles. The van der Waals surface area contributed by atoms with Crippen LogP contribution in [0.3, 0.4) is 0 Å². The molecule has 1 amide bonds. The number of fused-ring (bicyclic) bond motifs is 1. The van der Waals surface area contributed by atoms with E-state index in [1.807, 2.05) is 12.1 Å². The summed E-state index contributed by atoms with van der Waals surface area (Å²) < 4.78 is 11.4. The molecule has 4 nitrogen and oxygen atoms in total. The predicted molar refractivity (Wildman–Crippen MR) is 59.6 cm³/mol. The average molecular weight is 272 g/mol. The summed E-state index contributed by atoms with van der Waals surface area (Å²) in [5.74, 6) is 1.19. The molecular formula is C10H10BrNO3. The van der Waals surface area contributed by atoms with E-state index in [1.54, 1.807) is 19.1 Å². The molecule has 80 valence electrons. The van der Waals surface area contributed by atoms with Crippen LogP contribution in [0.4, 0.5) is 5.69 Å². The van der Waals surface area contributed by atoms with E-state index in [2.05, 4.69) is 15.9 Å². The van der Waals surface area contributed by atoms with Gasteiger partial charge in [-0.1, -0.05) is 0 Å². The van der Waals surface area contributed by atoms with E-state index in [0.29, 0.717) is 17.2 Å². The molecule has 0 bridgehead atoms. The topological polar surface area (TPSA) is 38.8 Å². The van der Waals surface area contributed by atoms with Gasteiger partial charge in [0, 0.05) is 7.05 Å². The Morgan fingerprint density at radius 3 is 2.93 bits per heavy atom. The Balaban J connectivity index is 2.62. The molecule has 1 aliphatic rings. The van der Waals surface area contributed by atoms with Crippen LogP contribution in [-0.2, 0) is 4.79 Å². The summed E-state index contributed by atoms with van der Waals surface area (Å²) in [6.07, 6.45) is 0. The van der Waals surface area contributed by atoms with Gasteiger partial charge in [0.25, 0.3) is 5.91 Å². The molecular weight excluding hydrogens is 262 g/mol. The van der Waals surface area contributed by atoms with Crippen LogP contribution in [0.15, 0.2) is 16.6 Å². The first-order chi connectivity index (χ1) is 7.15. The van der Waals surface area contributed by atoms with Gasteiger partial charge in [-0.15, -0.1) is 0 Å². The fraction of sp³-hybridized carbons (Fsp3) is 0.300. The highest BCUT2D eigenvalue weighted by molar-refractivity contribution is 9.10. The van der Waals surface area contributed by atoms with Crippen LogP contribution in [0.2, 0.25) is 0 Å². The number of methoxy groups -OCH3 is 1. The number of ether oxygens (including phenoxy) is 2. The minimum absolute atomic E-state index is 0.0777. The Morgan fingerprint density at radius 1 is 1.53 bits per heavy atom. The minimum Gasteiger partial charge on any atom is -0.493 e. The number of hydrogen-bond acceptors (Lipinski definition) is 3. The standard InChI is InChI=1S/C10H10BrNO3/c1-12-8(13)5-15-7-4-3-6(11)10(14-2)9(7)12/h3-4H,5H2,1-2H3. The van der Waals surface area contributed by atoms with Crippen molar-refractivity contribution in [3.63, 3.8) is 0 Å². The van der Waals surface area contributed by atoms with Gasteiger partial charge in [-0.3, -0.25) is 4.79 Å². The number of carbonyl (C=O) groups is 1. The number of nitrogens with zero attached hydrogens (tertiary/aromatic N) is 1. The van der Waals surface area contributed by atoms with Crippen LogP contribution < -0.4 is 14.4 Å². The number of hydrogen-bond donors (Lipinski definition) is 0. The fourth-order valence-corrected chi connectivity index (χ4v) is 2.00. The molecule has 0 aromatic heterocycles. The van der Waals surface area contributed by atoms with Crippen molar-refractivity contribution < 1.29 is 14.3 Å². The molecule has 5 heteroatoms. The van der Waals surface area contributed by atoms with Gasteiger partial charge in [-0.25, -0.2) is 0 Å². The first kappa shape index (κ1) is 10.3. The van der Waals surface area contributed by atoms with E-state index in [4.69, 9.17) is 9.47 Å². The highest BCUT2D eigenvalue weighted by atomic mass is 79.9. The molecule has 1 aromatic carbocycles. The maximum absolute atomic E-state index is 11.5. The van der Waals surface area contributed by atoms with Crippen LogP contribution >= 0.6 is 15.9 Å². The lowest BCUT2D eigenvalue weighted by Crippen LogP contribution is -2.35. The Bertz CT molecular complexity index is 419. The Hall–Kier alpha value is -1.23. The molecule has 1 aromatic rings. The molecule has 0 saturated heterocycles. The van der Waals surface area contributed by atoms with E-state index in [-0.39, 0.29) is 12.5 Å². The minimum atomic E-state index is -0.0844.